The number of halogens is 1. The van der Waals surface area contributed by atoms with E-state index in [2.05, 4.69) is 35.6 Å². The zero-order chi connectivity index (χ0) is 35.8. The largest absolute Gasteiger partial charge is 0.491 e. The Balaban J connectivity index is 1.53. The molecule has 1 fully saturated rings. The predicted octanol–water partition coefficient (Wildman–Crippen LogP) is 6.34. The van der Waals surface area contributed by atoms with Gasteiger partial charge in [-0.25, -0.2) is 9.00 Å². The highest BCUT2D eigenvalue weighted by Crippen LogP contribution is 2.38. The summed E-state index contributed by atoms with van der Waals surface area (Å²) in [5.41, 5.74) is 2.29. The van der Waals surface area contributed by atoms with E-state index in [0.717, 1.165) is 36.4 Å². The molecule has 0 saturated carbocycles. The van der Waals surface area contributed by atoms with E-state index in [4.69, 9.17) is 25.8 Å². The van der Waals surface area contributed by atoms with Crippen molar-refractivity contribution in [3.63, 3.8) is 0 Å². The average molecular weight is 729 g/mol. The van der Waals surface area contributed by atoms with Crippen molar-refractivity contribution in [1.29, 1.82) is 0 Å². The number of nitrogens with zero attached hydrogens (tertiary/aromatic N) is 3. The number of anilines is 1. The van der Waals surface area contributed by atoms with Gasteiger partial charge in [-0.2, -0.15) is 0 Å². The number of carbonyl (C=O) groups excluding carboxylic acids is 2. The van der Waals surface area contributed by atoms with Gasteiger partial charge in [0, 0.05) is 49.6 Å². The van der Waals surface area contributed by atoms with Gasteiger partial charge in [0.2, 0.25) is 0 Å². The zero-order valence-electron chi connectivity index (χ0n) is 30.1. The third-order valence-corrected chi connectivity index (χ3v) is 11.5. The lowest BCUT2D eigenvalue weighted by atomic mass is 9.91. The standard InChI is InChI=1S/C38H53ClN4O6S/c1-6-10-28-23-30(39)12-14-32(28)29-25-42-18-16-27(7-2)34(49-37(45)41-19-21-47-22-20-41)11-9-17-43(8-3)38(4,5)36(44)40-50(46)31-13-15-35(48-26-29)33(42)24-31/h9,11-15,23-24,27,29,34H,6-8,10,16-22,25-26H2,1-5H3,(H,40,44)/b11-9+. The molecule has 0 radical (unpaired) electrons. The number of carbonyl (C=O) groups is 2. The third-order valence-electron chi connectivity index (χ3n) is 10.3. The summed E-state index contributed by atoms with van der Waals surface area (Å²) in [7, 11) is -1.78. The number of amides is 2. The Morgan fingerprint density at radius 2 is 1.88 bits per heavy atom. The number of hydrogen-bond donors (Lipinski definition) is 1. The van der Waals surface area contributed by atoms with Crippen molar-refractivity contribution in [3.05, 3.63) is 64.7 Å². The van der Waals surface area contributed by atoms with Crippen LogP contribution in [0.25, 0.3) is 0 Å². The molecule has 1 N–H and O–H groups in total. The topological polar surface area (TPSA) is 101 Å². The molecule has 12 heteroatoms. The fourth-order valence-electron chi connectivity index (χ4n) is 7.09. The van der Waals surface area contributed by atoms with Crippen molar-refractivity contribution in [1.82, 2.24) is 14.5 Å². The maximum atomic E-state index is 13.7. The van der Waals surface area contributed by atoms with Crippen LogP contribution in [0.3, 0.4) is 0 Å². The zero-order valence-corrected chi connectivity index (χ0v) is 31.7. The molecule has 1 saturated heterocycles. The van der Waals surface area contributed by atoms with Crippen LogP contribution in [0.4, 0.5) is 10.5 Å². The Bertz CT molecular complexity index is 1550. The van der Waals surface area contributed by atoms with Gasteiger partial charge in [0.25, 0.3) is 5.91 Å². The molecule has 0 aliphatic carbocycles. The molecule has 2 aromatic carbocycles. The molecule has 4 unspecified atom stereocenters. The minimum absolute atomic E-state index is 0.0186. The lowest BCUT2D eigenvalue weighted by Crippen LogP contribution is -2.55. The Morgan fingerprint density at radius 1 is 1.10 bits per heavy atom. The van der Waals surface area contributed by atoms with Crippen LogP contribution in [0.5, 0.6) is 5.75 Å². The van der Waals surface area contributed by atoms with Gasteiger partial charge < -0.3 is 24.0 Å². The second-order valence-corrected chi connectivity index (χ2v) is 15.5. The summed E-state index contributed by atoms with van der Waals surface area (Å²) in [4.78, 5) is 33.6. The minimum atomic E-state index is -1.78. The molecule has 5 rings (SSSR count). The van der Waals surface area contributed by atoms with Crippen LogP contribution in [-0.2, 0) is 31.7 Å². The van der Waals surface area contributed by atoms with Crippen molar-refractivity contribution < 1.29 is 28.0 Å². The molecule has 50 heavy (non-hydrogen) atoms. The molecule has 274 valence electrons. The van der Waals surface area contributed by atoms with Gasteiger partial charge in [0.05, 0.1) is 35.9 Å². The van der Waals surface area contributed by atoms with Crippen LogP contribution >= 0.6 is 11.6 Å². The number of morpholine rings is 1. The smallest absolute Gasteiger partial charge is 0.410 e. The number of aryl methyl sites for hydroxylation is 1. The van der Waals surface area contributed by atoms with Crippen molar-refractivity contribution in [3.8, 4) is 5.75 Å². The molecule has 3 heterocycles. The second kappa shape index (κ2) is 17.4. The van der Waals surface area contributed by atoms with Crippen molar-refractivity contribution in [2.24, 2.45) is 5.92 Å². The molecule has 0 aromatic heterocycles. The van der Waals surface area contributed by atoms with Crippen molar-refractivity contribution in [2.45, 2.75) is 82.8 Å². The van der Waals surface area contributed by atoms with E-state index < -0.39 is 22.6 Å². The molecule has 3 aliphatic rings. The Kier molecular flexibility index (Phi) is 13.3. The number of benzene rings is 2. The first-order chi connectivity index (χ1) is 24.0. The van der Waals surface area contributed by atoms with Gasteiger partial charge in [0.15, 0.2) is 11.0 Å². The fourth-order valence-corrected chi connectivity index (χ4v) is 8.23. The number of rotatable bonds is 6. The summed E-state index contributed by atoms with van der Waals surface area (Å²) in [5, 5.41) is 0.718. The highest BCUT2D eigenvalue weighted by molar-refractivity contribution is 7.83. The highest BCUT2D eigenvalue weighted by atomic mass is 35.5. The SMILES string of the molecule is CCCc1cc(Cl)ccc1C1COc2ccc3cc2N(CCC(CC)C(OC(=O)N2CCOCC2)/C=C/CN(CC)C(C)(C)C(=O)NS3=O)C1. The monoisotopic (exact) mass is 728 g/mol. The Morgan fingerprint density at radius 3 is 2.60 bits per heavy atom. The van der Waals surface area contributed by atoms with E-state index in [0.29, 0.717) is 69.7 Å². The van der Waals surface area contributed by atoms with Gasteiger partial charge in [-0.05, 0) is 87.2 Å². The lowest BCUT2D eigenvalue weighted by molar-refractivity contribution is -0.129. The molecule has 2 amide bonds. The van der Waals surface area contributed by atoms with Gasteiger partial charge in [-0.1, -0.05) is 50.9 Å². The van der Waals surface area contributed by atoms with Crippen LogP contribution in [0.1, 0.15) is 70.9 Å². The van der Waals surface area contributed by atoms with Gasteiger partial charge in [-0.3, -0.25) is 14.4 Å². The van der Waals surface area contributed by atoms with E-state index in [1.54, 1.807) is 11.0 Å². The maximum absolute atomic E-state index is 13.7. The second-order valence-electron chi connectivity index (χ2n) is 13.8. The van der Waals surface area contributed by atoms with Crippen LogP contribution < -0.4 is 14.4 Å². The van der Waals surface area contributed by atoms with E-state index in [9.17, 15) is 13.8 Å². The summed E-state index contributed by atoms with van der Waals surface area (Å²) in [6.45, 7) is 14.8. The molecule has 4 atom stereocenters. The molecule has 2 aromatic rings. The molecule has 0 spiro atoms. The van der Waals surface area contributed by atoms with E-state index in [-0.39, 0.29) is 23.8 Å². The first-order valence-corrected chi connectivity index (χ1v) is 19.6. The predicted molar refractivity (Wildman–Crippen MR) is 198 cm³/mol. The number of ether oxygens (including phenoxy) is 3. The quantitative estimate of drug-likeness (QED) is 0.345. The normalized spacial score (nSPS) is 25.6. The van der Waals surface area contributed by atoms with E-state index in [1.165, 1.54) is 11.1 Å². The van der Waals surface area contributed by atoms with Crippen LogP contribution in [0.2, 0.25) is 5.02 Å². The first kappa shape index (κ1) is 38.1. The van der Waals surface area contributed by atoms with Crippen LogP contribution in [-0.4, -0.2) is 96.7 Å². The number of hydrogen-bond acceptors (Lipinski definition) is 8. The van der Waals surface area contributed by atoms with Crippen LogP contribution in [0.15, 0.2) is 53.4 Å². The van der Waals surface area contributed by atoms with Crippen LogP contribution in [0, 0.1) is 5.92 Å². The maximum Gasteiger partial charge on any atom is 0.410 e. The molecular formula is C38H53ClN4O6S. The number of likely N-dealkylation sites (N-methyl/N-ethyl adjacent to an activating group) is 1. The summed E-state index contributed by atoms with van der Waals surface area (Å²) < 4.78 is 34.7. The average Bonchev–Trinajstić information content (AvgIpc) is 3.29. The lowest BCUT2D eigenvalue weighted by Gasteiger charge is -2.36. The van der Waals surface area contributed by atoms with E-state index >= 15 is 0 Å². The van der Waals surface area contributed by atoms with Crippen molar-refractivity contribution >= 4 is 40.3 Å². The summed E-state index contributed by atoms with van der Waals surface area (Å²) in [5.74, 6) is 0.433. The van der Waals surface area contributed by atoms with Gasteiger partial charge in [0.1, 0.15) is 11.9 Å². The minimum Gasteiger partial charge on any atom is -0.491 e. The summed E-state index contributed by atoms with van der Waals surface area (Å²) in [6, 6.07) is 11.6. The highest BCUT2D eigenvalue weighted by Gasteiger charge is 2.35. The Labute approximate surface area is 305 Å². The Hall–Kier alpha value is -3.12. The first-order valence-electron chi connectivity index (χ1n) is 18.0. The fraction of sp³-hybridized carbons (Fsp3) is 0.579. The molecule has 3 aliphatic heterocycles. The third kappa shape index (κ3) is 9.02. The molecular weight excluding hydrogens is 676 g/mol. The molecule has 2 bridgehead atoms. The summed E-state index contributed by atoms with van der Waals surface area (Å²) >= 11 is 6.44. The number of fused-ring (bicyclic) bond motifs is 1. The van der Waals surface area contributed by atoms with Crippen molar-refractivity contribution in [2.75, 3.05) is 64.0 Å². The van der Waals surface area contributed by atoms with Gasteiger partial charge in [-0.15, -0.1) is 0 Å². The summed E-state index contributed by atoms with van der Waals surface area (Å²) in [6.07, 6.45) is 6.61. The number of nitrogens with one attached hydrogen (secondary N) is 1. The van der Waals surface area contributed by atoms with Gasteiger partial charge >= 0.3 is 6.09 Å². The molecule has 10 nitrogen and oxygen atoms in total. The van der Waals surface area contributed by atoms with E-state index in [1.807, 2.05) is 56.0 Å².